The lowest BCUT2D eigenvalue weighted by Gasteiger charge is -2.24. The minimum atomic E-state index is -1.49. The second-order valence-corrected chi connectivity index (χ2v) is 10.4. The normalized spacial score (nSPS) is 19.6. The molecule has 1 saturated carbocycles. The van der Waals surface area contributed by atoms with Crippen LogP contribution in [-0.4, -0.2) is 52.8 Å². The molecule has 1 saturated heterocycles. The highest BCUT2D eigenvalue weighted by molar-refractivity contribution is 5.95. The third-order valence-electron chi connectivity index (χ3n) is 7.99. The molecule has 0 amide bonds. The molecule has 0 radical (unpaired) electrons. The van der Waals surface area contributed by atoms with Gasteiger partial charge in [-0.3, -0.25) is 4.84 Å². The van der Waals surface area contributed by atoms with Crippen molar-refractivity contribution < 1.29 is 19.8 Å². The van der Waals surface area contributed by atoms with E-state index in [1.165, 1.54) is 65.4 Å². The Morgan fingerprint density at radius 3 is 2.69 bits per heavy atom. The van der Waals surface area contributed by atoms with Gasteiger partial charge >= 0.3 is 0 Å². The average Bonchev–Trinajstić information content (AvgIpc) is 3.06. The van der Waals surface area contributed by atoms with Gasteiger partial charge in [-0.05, 0) is 47.9 Å². The summed E-state index contributed by atoms with van der Waals surface area (Å²) < 4.78 is 7.99. The fraction of sp³-hybridized carbons (Fsp3) is 0.467. The van der Waals surface area contributed by atoms with Gasteiger partial charge in [-0.25, -0.2) is 0 Å². The van der Waals surface area contributed by atoms with Crippen LogP contribution in [0.4, 0.5) is 0 Å². The zero-order valence-electron chi connectivity index (χ0n) is 20.9. The highest BCUT2D eigenvalue weighted by Crippen LogP contribution is 2.46. The van der Waals surface area contributed by atoms with Crippen molar-refractivity contribution in [1.82, 2.24) is 9.63 Å². The third-order valence-corrected chi connectivity index (χ3v) is 7.99. The van der Waals surface area contributed by atoms with Gasteiger partial charge in [0.2, 0.25) is 0 Å². The Morgan fingerprint density at radius 1 is 0.972 bits per heavy atom. The van der Waals surface area contributed by atoms with Crippen LogP contribution in [0.25, 0.3) is 28.2 Å². The third kappa shape index (κ3) is 4.64. The second kappa shape index (κ2) is 10.5. The molecule has 190 valence electrons. The number of aliphatic hydroxyl groups is 2. The van der Waals surface area contributed by atoms with Crippen LogP contribution < -0.4 is 0 Å². The lowest BCUT2D eigenvalue weighted by atomic mass is 9.81. The number of hydroxylamine groups is 2. The molecule has 3 aromatic rings. The lowest BCUT2D eigenvalue weighted by Crippen LogP contribution is -2.28. The Labute approximate surface area is 212 Å². The summed E-state index contributed by atoms with van der Waals surface area (Å²) in [7, 11) is 0. The van der Waals surface area contributed by atoms with Crippen molar-refractivity contribution in [3.05, 3.63) is 64.7 Å². The number of ether oxygens (including phenoxy) is 1. The maximum atomic E-state index is 9.96. The van der Waals surface area contributed by atoms with Crippen LogP contribution in [0.3, 0.4) is 0 Å². The van der Waals surface area contributed by atoms with E-state index in [1.54, 1.807) is 0 Å². The number of nitrogens with zero attached hydrogens (tertiary/aromatic N) is 2. The first-order valence-electron chi connectivity index (χ1n) is 13.5. The molecule has 6 heteroatoms. The number of benzene rings is 2. The van der Waals surface area contributed by atoms with Crippen LogP contribution in [0.5, 0.6) is 0 Å². The van der Waals surface area contributed by atoms with Crippen LogP contribution in [0.2, 0.25) is 0 Å². The van der Waals surface area contributed by atoms with E-state index < -0.39 is 6.29 Å². The molecule has 0 atom stereocenters. The van der Waals surface area contributed by atoms with Crippen molar-refractivity contribution in [2.45, 2.75) is 57.3 Å². The van der Waals surface area contributed by atoms with E-state index in [0.29, 0.717) is 31.2 Å². The summed E-state index contributed by atoms with van der Waals surface area (Å²) in [5.74, 6) is 0.519. The van der Waals surface area contributed by atoms with Gasteiger partial charge in [0, 0.05) is 48.3 Å². The molecule has 36 heavy (non-hydrogen) atoms. The van der Waals surface area contributed by atoms with Gasteiger partial charge in [0.05, 0.1) is 18.9 Å². The molecule has 3 aliphatic rings. The van der Waals surface area contributed by atoms with Gasteiger partial charge in [-0.15, -0.1) is 0 Å². The van der Waals surface area contributed by atoms with E-state index in [0.717, 1.165) is 31.6 Å². The molecular weight excluding hydrogens is 452 g/mol. The highest BCUT2D eigenvalue weighted by Gasteiger charge is 2.29. The number of rotatable bonds is 5. The van der Waals surface area contributed by atoms with Crippen molar-refractivity contribution >= 4 is 17.0 Å². The number of hydrogen-bond acceptors (Lipinski definition) is 5. The Balaban J connectivity index is 1.47. The average molecular weight is 489 g/mol. The molecule has 2 aliphatic heterocycles. The van der Waals surface area contributed by atoms with Crippen molar-refractivity contribution in [2.24, 2.45) is 0 Å². The zero-order chi connectivity index (χ0) is 24.5. The molecule has 0 bridgehead atoms. The van der Waals surface area contributed by atoms with Gasteiger partial charge in [-0.2, -0.15) is 5.06 Å². The molecule has 1 aromatic heterocycles. The lowest BCUT2D eigenvalue weighted by molar-refractivity contribution is -0.149. The second-order valence-electron chi connectivity index (χ2n) is 10.4. The van der Waals surface area contributed by atoms with Crippen LogP contribution in [0.15, 0.2) is 48.0 Å². The molecule has 0 unspecified atom stereocenters. The van der Waals surface area contributed by atoms with Crippen LogP contribution >= 0.6 is 0 Å². The van der Waals surface area contributed by atoms with E-state index >= 15 is 0 Å². The first kappa shape index (κ1) is 23.9. The number of aromatic nitrogens is 1. The largest absolute Gasteiger partial charge is 0.380 e. The van der Waals surface area contributed by atoms with E-state index in [-0.39, 0.29) is 0 Å². The highest BCUT2D eigenvalue weighted by atomic mass is 16.7. The van der Waals surface area contributed by atoms with E-state index in [2.05, 4.69) is 41.0 Å². The topological polar surface area (TPSA) is 67.1 Å². The van der Waals surface area contributed by atoms with Gasteiger partial charge < -0.3 is 19.5 Å². The number of fused-ring (bicyclic) bond motifs is 5. The van der Waals surface area contributed by atoms with Crippen LogP contribution in [-0.2, 0) is 16.1 Å². The van der Waals surface area contributed by atoms with Gasteiger partial charge in [0.25, 0.3) is 0 Å². The van der Waals surface area contributed by atoms with Crippen LogP contribution in [0.1, 0.15) is 67.4 Å². The minimum Gasteiger partial charge on any atom is -0.380 e. The minimum absolute atomic E-state index is 0.519. The van der Waals surface area contributed by atoms with Gasteiger partial charge in [0.1, 0.15) is 0 Å². The van der Waals surface area contributed by atoms with Crippen molar-refractivity contribution in [2.75, 3.05) is 32.9 Å². The number of aliphatic hydroxyl groups excluding tert-OH is 1. The quantitative estimate of drug-likeness (QED) is 0.472. The summed E-state index contributed by atoms with van der Waals surface area (Å²) in [6, 6.07) is 14.6. The zero-order valence-corrected chi connectivity index (χ0v) is 20.9. The first-order chi connectivity index (χ1) is 17.7. The fourth-order valence-electron chi connectivity index (χ4n) is 6.23. The molecule has 3 heterocycles. The predicted molar refractivity (Wildman–Crippen MR) is 141 cm³/mol. The Hall–Kier alpha value is -2.48. The predicted octanol–water partition coefficient (Wildman–Crippen LogP) is 5.39. The Morgan fingerprint density at radius 2 is 1.83 bits per heavy atom. The summed E-state index contributed by atoms with van der Waals surface area (Å²) >= 11 is 0. The van der Waals surface area contributed by atoms with Crippen LogP contribution in [0, 0.1) is 0 Å². The first-order valence-corrected chi connectivity index (χ1v) is 13.5. The SMILES string of the molecule is OC(O)c1ccc2c(C3CCCCC3)c3n(c2c1)CC(CON1CCCOCC1)=Cc1ccccc1-3. The Kier molecular flexibility index (Phi) is 6.96. The summed E-state index contributed by atoms with van der Waals surface area (Å²) in [4.78, 5) is 6.28. The molecule has 0 spiro atoms. The van der Waals surface area contributed by atoms with Crippen molar-refractivity contribution in [1.29, 1.82) is 0 Å². The summed E-state index contributed by atoms with van der Waals surface area (Å²) in [6.07, 6.45) is 8.04. The number of hydrogen-bond donors (Lipinski definition) is 2. The monoisotopic (exact) mass is 488 g/mol. The summed E-state index contributed by atoms with van der Waals surface area (Å²) in [5.41, 5.74) is 7.98. The van der Waals surface area contributed by atoms with Gasteiger partial charge in [0.15, 0.2) is 6.29 Å². The molecule has 2 N–H and O–H groups in total. The molecular formula is C30H36N2O4. The smallest absolute Gasteiger partial charge is 0.178 e. The molecule has 1 aliphatic carbocycles. The summed E-state index contributed by atoms with van der Waals surface area (Å²) in [6.45, 7) is 4.39. The Bertz CT molecular complexity index is 1250. The maximum Gasteiger partial charge on any atom is 0.178 e. The summed E-state index contributed by atoms with van der Waals surface area (Å²) in [5, 5.41) is 23.2. The van der Waals surface area contributed by atoms with E-state index in [9.17, 15) is 10.2 Å². The maximum absolute atomic E-state index is 9.96. The van der Waals surface area contributed by atoms with E-state index in [4.69, 9.17) is 9.57 Å². The van der Waals surface area contributed by atoms with E-state index in [1.807, 2.05) is 17.2 Å². The molecule has 6 rings (SSSR count). The molecule has 2 fully saturated rings. The van der Waals surface area contributed by atoms with Crippen molar-refractivity contribution in [3.8, 4) is 11.3 Å². The fourth-order valence-corrected chi connectivity index (χ4v) is 6.23. The standard InChI is InChI=1S/C30H36N2O4/c33-30(34)24-11-12-26-27(18-24)32-19-21(20-36-31-13-6-15-35-16-14-31)17-23-9-4-5-10-25(23)29(32)28(26)22-7-2-1-3-8-22/h4-5,9-12,17-18,22,30,33-34H,1-3,6-8,13-16,19-20H2. The molecule has 6 nitrogen and oxygen atoms in total. The molecule has 2 aromatic carbocycles. The van der Waals surface area contributed by atoms with Gasteiger partial charge in [-0.1, -0.05) is 61.7 Å². The van der Waals surface area contributed by atoms with Crippen molar-refractivity contribution in [3.63, 3.8) is 0 Å².